The van der Waals surface area contributed by atoms with E-state index in [4.69, 9.17) is 14.2 Å². The fourth-order valence-corrected chi connectivity index (χ4v) is 2.13. The largest absolute Gasteiger partial charge is 0.493 e. The number of methoxy groups -OCH3 is 3. The van der Waals surface area contributed by atoms with Crippen molar-refractivity contribution in [2.24, 2.45) is 0 Å². The van der Waals surface area contributed by atoms with Gasteiger partial charge in [0.15, 0.2) is 17.8 Å². The fraction of sp³-hybridized carbons (Fsp3) is 0.188. The molecule has 2 aromatic carbocycles. The number of rotatable bonds is 5. The van der Waals surface area contributed by atoms with Gasteiger partial charge in [-0.2, -0.15) is 0 Å². The van der Waals surface area contributed by atoms with Crippen LogP contribution in [-0.2, 0) is 0 Å². The summed E-state index contributed by atoms with van der Waals surface area (Å²) in [6.07, 6.45) is 0.478. The zero-order valence-corrected chi connectivity index (χ0v) is 12.0. The molecule has 0 saturated heterocycles. The quantitative estimate of drug-likeness (QED) is 0.792. The molecule has 0 fully saturated rings. The van der Waals surface area contributed by atoms with Gasteiger partial charge in [0.05, 0.1) is 26.9 Å². The van der Waals surface area contributed by atoms with Crippen molar-refractivity contribution in [1.82, 2.24) is 0 Å². The van der Waals surface area contributed by atoms with Crippen LogP contribution in [0.2, 0.25) is 0 Å². The minimum absolute atomic E-state index is 0.00987. The van der Waals surface area contributed by atoms with Crippen molar-refractivity contribution in [3.05, 3.63) is 41.7 Å². The first-order valence-corrected chi connectivity index (χ1v) is 6.20. The molecular formula is C16H15FO4. The van der Waals surface area contributed by atoms with Crippen LogP contribution >= 0.6 is 0 Å². The average Bonchev–Trinajstić information content (AvgIpc) is 2.53. The zero-order valence-electron chi connectivity index (χ0n) is 12.0. The van der Waals surface area contributed by atoms with Crippen LogP contribution in [0, 0.1) is 5.82 Å². The van der Waals surface area contributed by atoms with Crippen LogP contribution in [-0.4, -0.2) is 27.6 Å². The lowest BCUT2D eigenvalue weighted by Gasteiger charge is -2.16. The van der Waals surface area contributed by atoms with E-state index in [1.54, 1.807) is 18.2 Å². The van der Waals surface area contributed by atoms with E-state index in [9.17, 15) is 9.18 Å². The Kier molecular flexibility index (Phi) is 4.42. The van der Waals surface area contributed by atoms with Crippen LogP contribution < -0.4 is 14.2 Å². The maximum Gasteiger partial charge on any atom is 0.203 e. The highest BCUT2D eigenvalue weighted by Gasteiger charge is 2.17. The molecule has 0 radical (unpaired) electrons. The number of benzene rings is 2. The Balaban J connectivity index is 2.66. The van der Waals surface area contributed by atoms with Gasteiger partial charge in [-0.1, -0.05) is 6.07 Å². The van der Waals surface area contributed by atoms with Gasteiger partial charge in [-0.15, -0.1) is 0 Å². The summed E-state index contributed by atoms with van der Waals surface area (Å²) in [4.78, 5) is 10.9. The Bertz CT molecular complexity index is 668. The van der Waals surface area contributed by atoms with E-state index in [0.717, 1.165) is 0 Å². The van der Waals surface area contributed by atoms with E-state index in [1.165, 1.54) is 33.5 Å². The number of aldehydes is 1. The Morgan fingerprint density at radius 1 is 0.952 bits per heavy atom. The van der Waals surface area contributed by atoms with E-state index >= 15 is 0 Å². The summed E-state index contributed by atoms with van der Waals surface area (Å²) < 4.78 is 29.3. The molecule has 0 saturated carbocycles. The molecule has 0 aromatic heterocycles. The monoisotopic (exact) mass is 290 g/mol. The summed E-state index contributed by atoms with van der Waals surface area (Å²) in [5, 5.41) is 0. The number of halogens is 1. The van der Waals surface area contributed by atoms with Gasteiger partial charge >= 0.3 is 0 Å². The normalized spacial score (nSPS) is 10.1. The lowest BCUT2D eigenvalue weighted by molar-refractivity contribution is 0.112. The van der Waals surface area contributed by atoms with Crippen molar-refractivity contribution in [2.45, 2.75) is 0 Å². The zero-order chi connectivity index (χ0) is 15.4. The van der Waals surface area contributed by atoms with Crippen molar-refractivity contribution in [2.75, 3.05) is 21.3 Å². The summed E-state index contributed by atoms with van der Waals surface area (Å²) >= 11 is 0. The molecule has 110 valence electrons. The third-order valence-electron chi connectivity index (χ3n) is 3.14. The van der Waals surface area contributed by atoms with Crippen LogP contribution in [0.5, 0.6) is 17.2 Å². The fourth-order valence-electron chi connectivity index (χ4n) is 2.13. The Morgan fingerprint density at radius 2 is 1.67 bits per heavy atom. The molecule has 0 heterocycles. The highest BCUT2D eigenvalue weighted by molar-refractivity contribution is 5.82. The topological polar surface area (TPSA) is 44.8 Å². The average molecular weight is 290 g/mol. The summed E-state index contributed by atoms with van der Waals surface area (Å²) in [6.45, 7) is 0. The summed E-state index contributed by atoms with van der Waals surface area (Å²) in [5.41, 5.74) is 1.32. The van der Waals surface area contributed by atoms with Crippen LogP contribution in [0.25, 0.3) is 11.1 Å². The Labute approximate surface area is 122 Å². The molecule has 0 unspecified atom stereocenters. The SMILES string of the molecule is COc1ccc(-c2ccc(F)c(C=O)c2)c(OC)c1OC. The molecule has 5 heteroatoms. The molecule has 4 nitrogen and oxygen atoms in total. The summed E-state index contributed by atoms with van der Waals surface area (Å²) in [5.74, 6) is 0.860. The van der Waals surface area contributed by atoms with Gasteiger partial charge < -0.3 is 14.2 Å². The number of carbonyl (C=O) groups excluding carboxylic acids is 1. The second kappa shape index (κ2) is 6.26. The van der Waals surface area contributed by atoms with E-state index in [1.807, 2.05) is 0 Å². The first kappa shape index (κ1) is 14.8. The maximum atomic E-state index is 13.4. The van der Waals surface area contributed by atoms with E-state index in [-0.39, 0.29) is 5.56 Å². The van der Waals surface area contributed by atoms with Gasteiger partial charge in [-0.05, 0) is 29.8 Å². The highest BCUT2D eigenvalue weighted by Crippen LogP contribution is 2.44. The molecule has 0 amide bonds. The van der Waals surface area contributed by atoms with E-state index in [2.05, 4.69) is 0 Å². The molecule has 0 bridgehead atoms. The second-order valence-electron chi connectivity index (χ2n) is 4.24. The minimum Gasteiger partial charge on any atom is -0.493 e. The predicted molar refractivity (Wildman–Crippen MR) is 76.9 cm³/mol. The molecule has 2 aromatic rings. The van der Waals surface area contributed by atoms with Crippen LogP contribution in [0.15, 0.2) is 30.3 Å². The summed E-state index contributed by atoms with van der Waals surface area (Å²) in [6, 6.07) is 7.77. The molecule has 0 spiro atoms. The number of hydrogen-bond acceptors (Lipinski definition) is 4. The van der Waals surface area contributed by atoms with Gasteiger partial charge in [0.2, 0.25) is 5.75 Å². The molecule has 21 heavy (non-hydrogen) atoms. The van der Waals surface area contributed by atoms with Gasteiger partial charge in [-0.3, -0.25) is 4.79 Å². The second-order valence-corrected chi connectivity index (χ2v) is 4.24. The van der Waals surface area contributed by atoms with Crippen molar-refractivity contribution < 1.29 is 23.4 Å². The van der Waals surface area contributed by atoms with Gasteiger partial charge in [0.25, 0.3) is 0 Å². The molecular weight excluding hydrogens is 275 g/mol. The summed E-state index contributed by atoms with van der Waals surface area (Å²) in [7, 11) is 4.54. The number of ether oxygens (including phenoxy) is 3. The number of hydrogen-bond donors (Lipinski definition) is 0. The van der Waals surface area contributed by atoms with Crippen molar-refractivity contribution in [3.63, 3.8) is 0 Å². The minimum atomic E-state index is -0.562. The first-order chi connectivity index (χ1) is 10.2. The van der Waals surface area contributed by atoms with Crippen LogP contribution in [0.1, 0.15) is 10.4 Å². The Hall–Kier alpha value is -2.56. The lowest BCUT2D eigenvalue weighted by Crippen LogP contribution is -1.97. The molecule has 0 N–H and O–H groups in total. The maximum absolute atomic E-state index is 13.4. The third-order valence-corrected chi connectivity index (χ3v) is 3.14. The molecule has 2 rings (SSSR count). The van der Waals surface area contributed by atoms with Crippen LogP contribution in [0.4, 0.5) is 4.39 Å². The third kappa shape index (κ3) is 2.67. The lowest BCUT2D eigenvalue weighted by atomic mass is 10.0. The predicted octanol–water partition coefficient (Wildman–Crippen LogP) is 3.33. The van der Waals surface area contributed by atoms with Crippen molar-refractivity contribution in [3.8, 4) is 28.4 Å². The standard InChI is InChI=1S/C16H15FO4/c1-19-14-7-5-12(15(20-2)16(14)21-3)10-4-6-13(17)11(8-10)9-18/h4-9H,1-3H3. The first-order valence-electron chi connectivity index (χ1n) is 6.20. The van der Waals surface area contributed by atoms with Crippen molar-refractivity contribution >= 4 is 6.29 Å². The van der Waals surface area contributed by atoms with Crippen LogP contribution in [0.3, 0.4) is 0 Å². The number of carbonyl (C=O) groups is 1. The molecule has 0 aliphatic heterocycles. The molecule has 0 aliphatic rings. The van der Waals surface area contributed by atoms with Crippen molar-refractivity contribution in [1.29, 1.82) is 0 Å². The van der Waals surface area contributed by atoms with Gasteiger partial charge in [0.1, 0.15) is 5.82 Å². The van der Waals surface area contributed by atoms with Gasteiger partial charge in [-0.25, -0.2) is 4.39 Å². The van der Waals surface area contributed by atoms with E-state index < -0.39 is 5.82 Å². The van der Waals surface area contributed by atoms with Gasteiger partial charge in [0, 0.05) is 5.56 Å². The van der Waals surface area contributed by atoms with E-state index in [0.29, 0.717) is 34.7 Å². The molecule has 0 aliphatic carbocycles. The highest BCUT2D eigenvalue weighted by atomic mass is 19.1. The smallest absolute Gasteiger partial charge is 0.203 e. The molecule has 0 atom stereocenters. The Morgan fingerprint density at radius 3 is 2.24 bits per heavy atom.